The summed E-state index contributed by atoms with van der Waals surface area (Å²) in [6.07, 6.45) is 6.57. The molecule has 3 rings (SSSR count). The monoisotopic (exact) mass is 363 g/mol. The number of carbonyl (C=O) groups is 1. The molecule has 1 amide bonds. The van der Waals surface area contributed by atoms with Crippen LogP contribution in [0.15, 0.2) is 60.6 Å². The number of amides is 1. The van der Waals surface area contributed by atoms with Gasteiger partial charge in [0.05, 0.1) is 16.4 Å². The molecule has 0 bridgehead atoms. The average Bonchev–Trinajstić information content (AvgIpc) is 3.02. The van der Waals surface area contributed by atoms with Gasteiger partial charge < -0.3 is 5.32 Å². The molecule has 0 aliphatic heterocycles. The molecule has 0 aliphatic carbocycles. The number of para-hydroxylation sites is 1. The summed E-state index contributed by atoms with van der Waals surface area (Å²) >= 11 is 6.05. The maximum absolute atomic E-state index is 12.5. The van der Waals surface area contributed by atoms with Crippen molar-refractivity contribution in [1.29, 1.82) is 5.26 Å². The van der Waals surface area contributed by atoms with Crippen LogP contribution in [0, 0.1) is 11.3 Å². The number of nitriles is 1. The van der Waals surface area contributed by atoms with Crippen molar-refractivity contribution in [2.24, 2.45) is 7.05 Å². The number of benzene rings is 1. The van der Waals surface area contributed by atoms with E-state index in [1.54, 1.807) is 54.6 Å². The van der Waals surface area contributed by atoms with Gasteiger partial charge in [0.2, 0.25) is 0 Å². The Morgan fingerprint density at radius 3 is 2.69 bits per heavy atom. The number of nitrogens with zero attached hydrogens (tertiary/aromatic N) is 4. The van der Waals surface area contributed by atoms with Crippen molar-refractivity contribution in [3.63, 3.8) is 0 Å². The smallest absolute Gasteiger partial charge is 0.266 e. The molecule has 0 aliphatic rings. The first-order chi connectivity index (χ1) is 12.6. The van der Waals surface area contributed by atoms with E-state index in [-0.39, 0.29) is 5.57 Å². The Hall–Kier alpha value is -3.43. The van der Waals surface area contributed by atoms with Crippen LogP contribution in [-0.2, 0) is 11.8 Å². The predicted octanol–water partition coefficient (Wildman–Crippen LogP) is 3.68. The zero-order chi connectivity index (χ0) is 18.5. The van der Waals surface area contributed by atoms with Gasteiger partial charge in [-0.3, -0.25) is 14.5 Å². The van der Waals surface area contributed by atoms with E-state index in [0.717, 1.165) is 5.56 Å². The van der Waals surface area contributed by atoms with Gasteiger partial charge in [0.1, 0.15) is 11.6 Å². The summed E-state index contributed by atoms with van der Waals surface area (Å²) in [5.41, 5.74) is 2.56. The molecule has 0 unspecified atom stereocenters. The minimum Gasteiger partial charge on any atom is -0.320 e. The van der Waals surface area contributed by atoms with Gasteiger partial charge in [-0.2, -0.15) is 10.4 Å². The first kappa shape index (κ1) is 17.4. The summed E-state index contributed by atoms with van der Waals surface area (Å²) < 4.78 is 1.63. The van der Waals surface area contributed by atoms with E-state index >= 15 is 0 Å². The van der Waals surface area contributed by atoms with E-state index in [2.05, 4.69) is 15.4 Å². The number of hydrogen-bond donors (Lipinski definition) is 1. The van der Waals surface area contributed by atoms with Crippen LogP contribution in [0.25, 0.3) is 17.3 Å². The standard InChI is InChI=1S/C19H14ClN5O/c1-25-12-15(18(24-25)13-6-8-22-9-7-13)10-14(11-21)19(26)23-17-5-3-2-4-16(17)20/h2-10,12H,1H3,(H,23,26)/b14-10-. The van der Waals surface area contributed by atoms with E-state index < -0.39 is 5.91 Å². The Morgan fingerprint density at radius 2 is 2.00 bits per heavy atom. The van der Waals surface area contributed by atoms with Crippen molar-refractivity contribution in [3.05, 3.63) is 71.1 Å². The predicted molar refractivity (Wildman–Crippen MR) is 100 cm³/mol. The van der Waals surface area contributed by atoms with Gasteiger partial charge >= 0.3 is 0 Å². The first-order valence-electron chi connectivity index (χ1n) is 7.70. The maximum atomic E-state index is 12.5. The number of rotatable bonds is 4. The molecule has 0 saturated carbocycles. The van der Waals surface area contributed by atoms with Crippen LogP contribution < -0.4 is 5.32 Å². The molecule has 7 heteroatoms. The van der Waals surface area contributed by atoms with Crippen LogP contribution >= 0.6 is 11.6 Å². The van der Waals surface area contributed by atoms with Gasteiger partial charge in [-0.15, -0.1) is 0 Å². The fraction of sp³-hybridized carbons (Fsp3) is 0.0526. The first-order valence-corrected chi connectivity index (χ1v) is 8.08. The molecule has 26 heavy (non-hydrogen) atoms. The third-order valence-corrected chi connectivity index (χ3v) is 3.93. The van der Waals surface area contributed by atoms with Gasteiger partial charge in [0.15, 0.2) is 0 Å². The van der Waals surface area contributed by atoms with Crippen molar-refractivity contribution < 1.29 is 4.79 Å². The van der Waals surface area contributed by atoms with E-state index in [1.165, 1.54) is 6.08 Å². The molecule has 0 spiro atoms. The van der Waals surface area contributed by atoms with E-state index in [0.29, 0.717) is 22.0 Å². The van der Waals surface area contributed by atoms with Gasteiger partial charge in [-0.25, -0.2) is 0 Å². The number of halogens is 1. The highest BCUT2D eigenvalue weighted by atomic mass is 35.5. The summed E-state index contributed by atoms with van der Waals surface area (Å²) in [6.45, 7) is 0. The van der Waals surface area contributed by atoms with Crippen molar-refractivity contribution in [2.75, 3.05) is 5.32 Å². The lowest BCUT2D eigenvalue weighted by Crippen LogP contribution is -2.13. The minimum atomic E-state index is -0.537. The van der Waals surface area contributed by atoms with Crippen molar-refractivity contribution >= 4 is 29.3 Å². The molecule has 3 aromatic rings. The highest BCUT2D eigenvalue weighted by Crippen LogP contribution is 2.24. The van der Waals surface area contributed by atoms with Crippen LogP contribution in [0.3, 0.4) is 0 Å². The summed E-state index contributed by atoms with van der Waals surface area (Å²) in [4.78, 5) is 16.4. The van der Waals surface area contributed by atoms with Crippen molar-refractivity contribution in [1.82, 2.24) is 14.8 Å². The lowest BCUT2D eigenvalue weighted by molar-refractivity contribution is -0.112. The van der Waals surface area contributed by atoms with Crippen LogP contribution in [0.5, 0.6) is 0 Å². The molecule has 0 atom stereocenters. The topological polar surface area (TPSA) is 83.6 Å². The average molecular weight is 364 g/mol. The highest BCUT2D eigenvalue weighted by Gasteiger charge is 2.14. The lowest BCUT2D eigenvalue weighted by Gasteiger charge is -2.06. The minimum absolute atomic E-state index is 0.0479. The maximum Gasteiger partial charge on any atom is 0.266 e. The Labute approximate surface area is 155 Å². The summed E-state index contributed by atoms with van der Waals surface area (Å²) in [5, 5.41) is 16.9. The van der Waals surface area contributed by atoms with Gasteiger partial charge in [-0.05, 0) is 30.3 Å². The molecule has 128 valence electrons. The number of aryl methyl sites for hydroxylation is 1. The Morgan fingerprint density at radius 1 is 1.27 bits per heavy atom. The zero-order valence-electron chi connectivity index (χ0n) is 13.8. The third-order valence-electron chi connectivity index (χ3n) is 3.60. The summed E-state index contributed by atoms with van der Waals surface area (Å²) in [6, 6.07) is 12.4. The third kappa shape index (κ3) is 3.79. The second kappa shape index (κ2) is 7.64. The van der Waals surface area contributed by atoms with E-state index in [1.807, 2.05) is 18.2 Å². The van der Waals surface area contributed by atoms with E-state index in [9.17, 15) is 10.1 Å². The molecule has 2 aromatic heterocycles. The molecule has 1 N–H and O–H groups in total. The van der Waals surface area contributed by atoms with Crippen LogP contribution in [0.1, 0.15) is 5.56 Å². The quantitative estimate of drug-likeness (QED) is 0.566. The molecular weight excluding hydrogens is 350 g/mol. The highest BCUT2D eigenvalue weighted by molar-refractivity contribution is 6.34. The normalized spacial score (nSPS) is 11.0. The second-order valence-electron chi connectivity index (χ2n) is 5.45. The fourth-order valence-electron chi connectivity index (χ4n) is 2.40. The Kier molecular flexibility index (Phi) is 5.11. The number of aromatic nitrogens is 3. The molecular formula is C19H14ClN5O. The Bertz CT molecular complexity index is 1020. The molecule has 0 radical (unpaired) electrons. The molecule has 1 aromatic carbocycles. The number of pyridine rings is 1. The number of anilines is 1. The Balaban J connectivity index is 1.94. The van der Waals surface area contributed by atoms with Gasteiger partial charge in [0, 0.05) is 36.8 Å². The lowest BCUT2D eigenvalue weighted by atomic mass is 10.1. The number of nitrogens with one attached hydrogen (secondary N) is 1. The molecule has 0 saturated heterocycles. The largest absolute Gasteiger partial charge is 0.320 e. The summed E-state index contributed by atoms with van der Waals surface area (Å²) in [5.74, 6) is -0.537. The van der Waals surface area contributed by atoms with Crippen LogP contribution in [-0.4, -0.2) is 20.7 Å². The van der Waals surface area contributed by atoms with Gasteiger partial charge in [-0.1, -0.05) is 23.7 Å². The van der Waals surface area contributed by atoms with Crippen LogP contribution in [0.2, 0.25) is 5.02 Å². The van der Waals surface area contributed by atoms with E-state index in [4.69, 9.17) is 11.6 Å². The number of hydrogen-bond acceptors (Lipinski definition) is 4. The van der Waals surface area contributed by atoms with Gasteiger partial charge in [0.25, 0.3) is 5.91 Å². The van der Waals surface area contributed by atoms with Crippen molar-refractivity contribution in [3.8, 4) is 17.3 Å². The zero-order valence-corrected chi connectivity index (χ0v) is 14.6. The van der Waals surface area contributed by atoms with Crippen LogP contribution in [0.4, 0.5) is 5.69 Å². The molecule has 6 nitrogen and oxygen atoms in total. The van der Waals surface area contributed by atoms with Crippen molar-refractivity contribution in [2.45, 2.75) is 0 Å². The molecule has 0 fully saturated rings. The summed E-state index contributed by atoms with van der Waals surface area (Å²) in [7, 11) is 1.78. The fourth-order valence-corrected chi connectivity index (χ4v) is 2.59. The molecule has 2 heterocycles. The number of carbonyl (C=O) groups excluding carboxylic acids is 1. The SMILES string of the molecule is Cn1cc(/C=C(/C#N)C(=O)Nc2ccccc2Cl)c(-c2ccncc2)n1. The second-order valence-corrected chi connectivity index (χ2v) is 5.85.